The van der Waals surface area contributed by atoms with Crippen molar-refractivity contribution in [3.63, 3.8) is 0 Å². The van der Waals surface area contributed by atoms with E-state index in [1.807, 2.05) is 91.0 Å². The molecule has 2 aliphatic rings. The third-order valence-corrected chi connectivity index (χ3v) is 29.3. The Morgan fingerprint density at radius 2 is 0.493 bits per heavy atom. The van der Waals surface area contributed by atoms with Crippen molar-refractivity contribution >= 4 is 131 Å². The van der Waals surface area contributed by atoms with Gasteiger partial charge in [-0.1, -0.05) is 295 Å². The predicted molar refractivity (Wildman–Crippen MR) is 567 cm³/mol. The van der Waals surface area contributed by atoms with Crippen LogP contribution in [-0.2, 0) is 10.8 Å². The van der Waals surface area contributed by atoms with Gasteiger partial charge in [-0.05, 0) is 218 Å². The summed E-state index contributed by atoms with van der Waals surface area (Å²) in [7, 11) is 0. The van der Waals surface area contributed by atoms with E-state index >= 15 is 0 Å². The quantitative estimate of drug-likeness (QED) is 0.127. The van der Waals surface area contributed by atoms with Crippen LogP contribution in [0.4, 0.5) is 0 Å². The molecule has 0 aliphatic heterocycles. The third-order valence-electron chi connectivity index (χ3n) is 29.3. The van der Waals surface area contributed by atoms with E-state index in [1.54, 1.807) is 0 Å². The predicted octanol–water partition coefficient (Wildman–Crippen LogP) is 32.8. The summed E-state index contributed by atoms with van der Waals surface area (Å²) in [5.41, 5.74) is 37.4. The highest BCUT2D eigenvalue weighted by molar-refractivity contribution is 6.21. The van der Waals surface area contributed by atoms with Gasteiger partial charge < -0.3 is 22.5 Å². The lowest BCUT2D eigenvalue weighted by molar-refractivity contribution is 0.661. The lowest BCUT2D eigenvalue weighted by atomic mass is 9.82. The maximum Gasteiger partial charge on any atom is 0.238 e. The molecule has 0 amide bonds. The Labute approximate surface area is 793 Å². The van der Waals surface area contributed by atoms with Crippen molar-refractivity contribution in [2.75, 3.05) is 0 Å². The Bertz CT molecular complexity index is 9630. The van der Waals surface area contributed by atoms with E-state index in [0.717, 1.165) is 127 Å². The maximum atomic E-state index is 6.54. The smallest absolute Gasteiger partial charge is 0.238 e. The average Bonchev–Trinajstić information content (AvgIpc) is 1.56. The van der Waals surface area contributed by atoms with Gasteiger partial charge in [0.05, 0.1) is 55.5 Å². The van der Waals surface area contributed by atoms with Gasteiger partial charge in [-0.25, -0.2) is 15.0 Å². The number of aromatic nitrogens is 9. The molecule has 19 aromatic carbocycles. The van der Waals surface area contributed by atoms with E-state index < -0.39 is 0 Å². The summed E-state index contributed by atoms with van der Waals surface area (Å²) >= 11 is 0. The molecule has 29 rings (SSSR count). The Morgan fingerprint density at radius 3 is 0.942 bits per heavy atom. The minimum Gasteiger partial charge on any atom is -0.456 e. The molecule has 27 aromatic rings. The molecule has 0 N–H and O–H groups in total. The molecule has 11 heteroatoms. The van der Waals surface area contributed by atoms with Gasteiger partial charge >= 0.3 is 0 Å². The fraction of sp³-hybridized carbons (Fsp3) is 0.0472. The monoisotopic (exact) mass is 1770 g/mol. The van der Waals surface area contributed by atoms with Crippen LogP contribution in [0.1, 0.15) is 49.9 Å². The first-order valence-corrected chi connectivity index (χ1v) is 47.2. The van der Waals surface area contributed by atoms with Crippen LogP contribution in [0.5, 0.6) is 0 Å². The van der Waals surface area contributed by atoms with E-state index in [2.05, 4.69) is 386 Å². The first kappa shape index (κ1) is 78.7. The van der Waals surface area contributed by atoms with Crippen LogP contribution in [0.25, 0.3) is 255 Å². The molecule has 0 spiro atoms. The summed E-state index contributed by atoms with van der Waals surface area (Å²) in [5.74, 6) is 2.45. The normalized spacial score (nSPS) is 13.0. The molecule has 2 aliphatic carbocycles. The molecular formula is C127H83N9O2. The number of hydrogen-bond donors (Lipinski definition) is 0. The van der Waals surface area contributed by atoms with E-state index in [4.69, 9.17) is 33.8 Å². The molecular weight excluding hydrogens is 1680 g/mol. The van der Waals surface area contributed by atoms with Crippen LogP contribution in [0.15, 0.2) is 440 Å². The van der Waals surface area contributed by atoms with Crippen molar-refractivity contribution in [2.45, 2.75) is 38.5 Å². The Hall–Kier alpha value is -17.9. The number of hydrogen-bond acceptors (Lipinski definition) is 7. The van der Waals surface area contributed by atoms with Crippen LogP contribution in [-0.4, -0.2) is 43.2 Å². The van der Waals surface area contributed by atoms with Gasteiger partial charge in [0, 0.05) is 132 Å². The molecule has 0 fully saturated rings. The number of rotatable bonds is 11. The molecule has 11 nitrogen and oxygen atoms in total. The fourth-order valence-electron chi connectivity index (χ4n) is 22.6. The Balaban J connectivity index is 0.000000137. The van der Waals surface area contributed by atoms with E-state index in [9.17, 15) is 0 Å². The maximum absolute atomic E-state index is 6.54. The van der Waals surface area contributed by atoms with Crippen molar-refractivity contribution < 1.29 is 8.83 Å². The number of fused-ring (bicyclic) bond motifs is 24. The second-order valence-electron chi connectivity index (χ2n) is 37.8. The zero-order valence-corrected chi connectivity index (χ0v) is 75.8. The summed E-state index contributed by atoms with van der Waals surface area (Å²) in [6.45, 7) is 9.49. The summed E-state index contributed by atoms with van der Waals surface area (Å²) in [6, 6.07) is 154. The van der Waals surface area contributed by atoms with Crippen molar-refractivity contribution in [3.05, 3.63) is 453 Å². The lowest BCUT2D eigenvalue weighted by Gasteiger charge is -2.22. The zero-order valence-electron chi connectivity index (χ0n) is 75.8. The van der Waals surface area contributed by atoms with Gasteiger partial charge in [-0.15, -0.1) is 0 Å². The molecule has 0 unspecified atom stereocenters. The lowest BCUT2D eigenvalue weighted by Crippen LogP contribution is -2.15. The number of para-hydroxylation sites is 6. The van der Waals surface area contributed by atoms with Crippen LogP contribution in [0.2, 0.25) is 0 Å². The highest BCUT2D eigenvalue weighted by atomic mass is 16.3. The van der Waals surface area contributed by atoms with Crippen molar-refractivity contribution in [2.24, 2.45) is 0 Å². The number of furan rings is 2. The first-order chi connectivity index (χ1) is 67.9. The highest BCUT2D eigenvalue weighted by Crippen LogP contribution is 2.56. The van der Waals surface area contributed by atoms with E-state index in [1.165, 1.54) is 127 Å². The summed E-state index contributed by atoms with van der Waals surface area (Å²) in [4.78, 5) is 25.7. The van der Waals surface area contributed by atoms with Gasteiger partial charge in [-0.2, -0.15) is 9.97 Å². The van der Waals surface area contributed by atoms with Crippen molar-refractivity contribution in [1.29, 1.82) is 0 Å². The van der Waals surface area contributed by atoms with E-state index in [-0.39, 0.29) is 10.8 Å². The molecule has 8 heterocycles. The second-order valence-corrected chi connectivity index (χ2v) is 37.8. The number of nitrogens with zero attached hydrogens (tertiary/aromatic N) is 9. The molecule has 138 heavy (non-hydrogen) atoms. The highest BCUT2D eigenvalue weighted by Gasteiger charge is 2.39. The Kier molecular flexibility index (Phi) is 17.3. The van der Waals surface area contributed by atoms with Crippen molar-refractivity contribution in [1.82, 2.24) is 43.2 Å². The van der Waals surface area contributed by atoms with Gasteiger partial charge in [0.15, 0.2) is 17.5 Å². The van der Waals surface area contributed by atoms with Crippen LogP contribution < -0.4 is 0 Å². The fourth-order valence-corrected chi connectivity index (χ4v) is 22.6. The minimum atomic E-state index is -0.187. The molecule has 0 atom stereocenters. The first-order valence-electron chi connectivity index (χ1n) is 47.2. The summed E-state index contributed by atoms with van der Waals surface area (Å²) in [5, 5.41) is 14.0. The Morgan fingerprint density at radius 1 is 0.181 bits per heavy atom. The van der Waals surface area contributed by atoms with Crippen LogP contribution in [0, 0.1) is 0 Å². The summed E-state index contributed by atoms with van der Waals surface area (Å²) in [6.07, 6.45) is 0. The largest absolute Gasteiger partial charge is 0.456 e. The molecule has 0 radical (unpaired) electrons. The molecule has 0 saturated heterocycles. The standard InChI is InChI=1S/C67H44N4O.C60H39N5O/c1-67(2)56-32-28-44(34-50(56)51-36-53-48-22-12-14-24-60(48)70(62(53)38-57(51)67)46-20-10-5-11-21-46)45-29-33-61-52(35-45)54-37-55-49-23-13-15-25-64(49)72-65(55)40-63(54)71(61)47-30-26-43(27-31-47)66-68-58(41-16-6-3-7-17-41)39-59(69-66)42-18-8-4-9-19-42;1-60(2)49-28-26-38(30-43(49)44-32-46-41-22-12-14-24-51(41)64(53(46)34-50(44)60)40-20-10-5-11-21-40)39-27-29-52-45(31-39)47-33-48-42-23-13-15-25-55(42)66-56(48)35-54(47)65(52)59-62-57(36-16-6-3-7-17-36)61-58(63-59)37-18-8-4-9-19-37/h3-40H,1-2H3;3-35H,1-2H3. The second kappa shape index (κ2) is 30.3. The van der Waals surface area contributed by atoms with Gasteiger partial charge in [0.1, 0.15) is 22.3 Å². The summed E-state index contributed by atoms with van der Waals surface area (Å²) < 4.78 is 22.5. The van der Waals surface area contributed by atoms with Gasteiger partial charge in [0.2, 0.25) is 5.95 Å². The third kappa shape index (κ3) is 12.2. The van der Waals surface area contributed by atoms with Crippen molar-refractivity contribution in [3.8, 4) is 124 Å². The number of benzene rings is 19. The van der Waals surface area contributed by atoms with Gasteiger partial charge in [-0.3, -0.25) is 4.57 Å². The molecule has 8 aromatic heterocycles. The van der Waals surface area contributed by atoms with Crippen LogP contribution in [0.3, 0.4) is 0 Å². The topological polar surface area (TPSA) is 110 Å². The zero-order chi connectivity index (χ0) is 91.3. The van der Waals surface area contributed by atoms with Crippen LogP contribution >= 0.6 is 0 Å². The SMILES string of the molecule is CC1(C)c2ccc(-c3ccc4c(c3)c3cc5c(cc3n4-c3ccc(-c4nc(-c6ccccc6)cc(-c6ccccc6)n4)cc3)oc3ccccc35)cc2-c2cc3c4ccccc4n(-c4ccccc4)c3cc21.CC1(C)c2ccc(-c3ccc4c(c3)c3cc5c(cc3n4-c3nc(-c4ccccc4)nc(-c4ccccc4)n3)oc3ccccc35)cc2-c2cc3c4ccccc4n(-c4ccccc4)c3cc21. The van der Waals surface area contributed by atoms with Gasteiger partial charge in [0.25, 0.3) is 0 Å². The molecule has 0 bridgehead atoms. The molecule has 0 saturated carbocycles. The minimum absolute atomic E-state index is 0.179. The average molecular weight is 1770 g/mol. The van der Waals surface area contributed by atoms with E-state index in [0.29, 0.717) is 23.4 Å². The molecule has 648 valence electrons.